The van der Waals surface area contributed by atoms with Gasteiger partial charge in [-0.1, -0.05) is 11.6 Å². The Labute approximate surface area is 81.1 Å². The Hall–Kier alpha value is -1.37. The smallest absolute Gasteiger partial charge is 0.503 e. The van der Waals surface area contributed by atoms with Crippen LogP contribution in [-0.4, -0.2) is 16.5 Å². The number of alkyl halides is 3. The summed E-state index contributed by atoms with van der Waals surface area (Å²) in [5, 5.41) is 8.58. The molecule has 1 rings (SSSR count). The number of halogens is 4. The van der Waals surface area contributed by atoms with Gasteiger partial charge in [-0.25, -0.2) is 4.98 Å². The summed E-state index contributed by atoms with van der Waals surface area (Å²) in [5.41, 5.74) is 4.55. The number of rotatable bonds is 1. The topological polar surface area (TPSA) is 68.4 Å². The van der Waals surface area contributed by atoms with Crippen molar-refractivity contribution in [3.63, 3.8) is 0 Å². The van der Waals surface area contributed by atoms with Gasteiger partial charge in [0.15, 0.2) is 16.7 Å². The molecule has 0 saturated carbocycles. The highest BCUT2D eigenvalue weighted by Gasteiger charge is 2.33. The van der Waals surface area contributed by atoms with Gasteiger partial charge in [-0.2, -0.15) is 0 Å². The summed E-state index contributed by atoms with van der Waals surface area (Å²) in [7, 11) is 0. The lowest BCUT2D eigenvalue weighted by atomic mass is 10.3. The second-order valence-corrected chi connectivity index (χ2v) is 2.58. The molecule has 0 aliphatic heterocycles. The van der Waals surface area contributed by atoms with Crippen molar-refractivity contribution in [1.82, 2.24) is 4.98 Å². The zero-order chi connectivity index (χ0) is 10.9. The number of hydrogen-bond acceptors (Lipinski definition) is 4. The maximum atomic E-state index is 11.8. The molecular weight excluding hydrogens is 225 g/mol. The fourth-order valence-corrected chi connectivity index (χ4v) is 0.835. The first kappa shape index (κ1) is 10.7. The number of nitrogens with two attached hydrogens (primary N) is 1. The third-order valence-corrected chi connectivity index (χ3v) is 1.52. The van der Waals surface area contributed by atoms with Crippen molar-refractivity contribution < 1.29 is 23.0 Å². The lowest BCUT2D eigenvalue weighted by Gasteiger charge is -2.12. The van der Waals surface area contributed by atoms with Gasteiger partial charge < -0.3 is 15.6 Å². The average Bonchev–Trinajstić information content (AvgIpc) is 2.04. The molecule has 1 heterocycles. The highest BCUT2D eigenvalue weighted by molar-refractivity contribution is 6.32. The van der Waals surface area contributed by atoms with E-state index in [0.29, 0.717) is 6.20 Å². The molecule has 0 saturated heterocycles. The van der Waals surface area contributed by atoms with Crippen molar-refractivity contribution in [3.05, 3.63) is 11.3 Å². The van der Waals surface area contributed by atoms with Crippen LogP contribution in [0.15, 0.2) is 6.20 Å². The third-order valence-electron chi connectivity index (χ3n) is 1.22. The predicted octanol–water partition coefficient (Wildman–Crippen LogP) is 1.92. The molecule has 78 valence electrons. The Balaban J connectivity index is 3.13. The summed E-state index contributed by atoms with van der Waals surface area (Å²) in [6.45, 7) is 0. The van der Waals surface area contributed by atoms with Crippen LogP contribution in [0.5, 0.6) is 11.5 Å². The minimum Gasteiger partial charge on any atom is -0.503 e. The van der Waals surface area contributed by atoms with Crippen molar-refractivity contribution in [2.24, 2.45) is 0 Å². The number of aromatic nitrogens is 1. The third kappa shape index (κ3) is 2.32. The quantitative estimate of drug-likeness (QED) is 0.721. The number of pyridine rings is 1. The van der Waals surface area contributed by atoms with Crippen LogP contribution in [0.3, 0.4) is 0 Å². The van der Waals surface area contributed by atoms with E-state index in [-0.39, 0.29) is 5.15 Å². The molecule has 0 aliphatic rings. The molecule has 0 bridgehead atoms. The molecule has 0 aromatic carbocycles. The van der Waals surface area contributed by atoms with Crippen LogP contribution in [0.2, 0.25) is 5.15 Å². The lowest BCUT2D eigenvalue weighted by molar-refractivity contribution is -0.274. The summed E-state index contributed by atoms with van der Waals surface area (Å²) < 4.78 is 38.8. The van der Waals surface area contributed by atoms with Crippen LogP contribution >= 0.6 is 11.6 Å². The molecule has 0 aliphatic carbocycles. The molecule has 0 atom stereocenters. The fraction of sp³-hybridized carbons (Fsp3) is 0.167. The highest BCUT2D eigenvalue weighted by atomic mass is 35.5. The normalized spacial score (nSPS) is 11.4. The number of anilines is 1. The molecule has 14 heavy (non-hydrogen) atoms. The van der Waals surface area contributed by atoms with Crippen molar-refractivity contribution in [2.45, 2.75) is 6.36 Å². The maximum Gasteiger partial charge on any atom is 0.573 e. The fourth-order valence-electron chi connectivity index (χ4n) is 0.701. The first-order valence-electron chi connectivity index (χ1n) is 3.20. The molecule has 0 radical (unpaired) electrons. The second-order valence-electron chi connectivity index (χ2n) is 2.22. The van der Waals surface area contributed by atoms with Crippen LogP contribution in [-0.2, 0) is 0 Å². The van der Waals surface area contributed by atoms with Gasteiger partial charge in [-0.3, -0.25) is 0 Å². The monoisotopic (exact) mass is 228 g/mol. The number of nitrogens with zero attached hydrogens (tertiary/aromatic N) is 1. The molecule has 1 aromatic rings. The molecule has 0 unspecified atom stereocenters. The van der Waals surface area contributed by atoms with Gasteiger partial charge in [0.05, 0.1) is 6.20 Å². The van der Waals surface area contributed by atoms with Gasteiger partial charge >= 0.3 is 6.36 Å². The van der Waals surface area contributed by atoms with Crippen molar-refractivity contribution >= 4 is 17.3 Å². The lowest BCUT2D eigenvalue weighted by Crippen LogP contribution is -2.18. The first-order chi connectivity index (χ1) is 6.31. The molecule has 1 aromatic heterocycles. The molecule has 4 nitrogen and oxygen atoms in total. The average molecular weight is 229 g/mol. The zero-order valence-electron chi connectivity index (χ0n) is 6.47. The molecule has 0 spiro atoms. The van der Waals surface area contributed by atoms with Gasteiger partial charge in [-0.15, -0.1) is 13.2 Å². The minimum atomic E-state index is -4.95. The standard InChI is InChI=1S/C6H4ClF3N2O2/c7-5-3(11)4(2(13)1-12-5)14-6(8,9)10/h1,13H,11H2. The molecular formula is C6H4ClF3N2O2. The Morgan fingerprint density at radius 1 is 1.50 bits per heavy atom. The second kappa shape index (κ2) is 3.41. The van der Waals surface area contributed by atoms with Crippen molar-refractivity contribution in [1.29, 1.82) is 0 Å². The SMILES string of the molecule is Nc1c(Cl)ncc(O)c1OC(F)(F)F. The zero-order valence-corrected chi connectivity index (χ0v) is 7.23. The van der Waals surface area contributed by atoms with Crippen LogP contribution in [0, 0.1) is 0 Å². The Kier molecular flexibility index (Phi) is 2.61. The van der Waals surface area contributed by atoms with E-state index in [4.69, 9.17) is 22.4 Å². The van der Waals surface area contributed by atoms with Crippen LogP contribution in [0.25, 0.3) is 0 Å². The minimum absolute atomic E-state index is 0.373. The molecule has 0 amide bonds. The summed E-state index contributed by atoms with van der Waals surface area (Å²) in [6, 6.07) is 0. The van der Waals surface area contributed by atoms with Crippen LogP contribution in [0.1, 0.15) is 0 Å². The first-order valence-corrected chi connectivity index (χ1v) is 3.57. The maximum absolute atomic E-state index is 11.8. The van der Waals surface area contributed by atoms with E-state index in [1.54, 1.807) is 0 Å². The van der Waals surface area contributed by atoms with Crippen LogP contribution < -0.4 is 10.5 Å². The number of ether oxygens (including phenoxy) is 1. The van der Waals surface area contributed by atoms with E-state index < -0.39 is 23.5 Å². The van der Waals surface area contributed by atoms with Gasteiger partial charge in [0.2, 0.25) is 0 Å². The molecule has 0 fully saturated rings. The van der Waals surface area contributed by atoms with Gasteiger partial charge in [0.25, 0.3) is 0 Å². The number of aromatic hydroxyl groups is 1. The van der Waals surface area contributed by atoms with E-state index in [2.05, 4.69) is 9.72 Å². The van der Waals surface area contributed by atoms with E-state index in [1.807, 2.05) is 0 Å². The van der Waals surface area contributed by atoms with E-state index in [1.165, 1.54) is 0 Å². The van der Waals surface area contributed by atoms with Crippen molar-refractivity contribution in [3.8, 4) is 11.5 Å². The van der Waals surface area contributed by atoms with Crippen molar-refractivity contribution in [2.75, 3.05) is 5.73 Å². The largest absolute Gasteiger partial charge is 0.573 e. The predicted molar refractivity (Wildman–Crippen MR) is 42.0 cm³/mol. The van der Waals surface area contributed by atoms with E-state index >= 15 is 0 Å². The van der Waals surface area contributed by atoms with Crippen LogP contribution in [0.4, 0.5) is 18.9 Å². The number of hydrogen-bond donors (Lipinski definition) is 2. The summed E-state index contributed by atoms with van der Waals surface area (Å²) in [5.74, 6) is -1.78. The number of nitrogen functional groups attached to an aromatic ring is 1. The highest BCUT2D eigenvalue weighted by Crippen LogP contribution is 2.38. The Morgan fingerprint density at radius 2 is 2.07 bits per heavy atom. The Bertz CT molecular complexity index is 356. The summed E-state index contributed by atoms with van der Waals surface area (Å²) in [6.07, 6.45) is -4.24. The Morgan fingerprint density at radius 3 is 2.57 bits per heavy atom. The van der Waals surface area contributed by atoms with Gasteiger partial charge in [0, 0.05) is 0 Å². The molecule has 8 heteroatoms. The van der Waals surface area contributed by atoms with Gasteiger partial charge in [0.1, 0.15) is 5.69 Å². The van der Waals surface area contributed by atoms with E-state index in [9.17, 15) is 13.2 Å². The van der Waals surface area contributed by atoms with E-state index in [0.717, 1.165) is 0 Å². The molecule has 3 N–H and O–H groups in total. The summed E-state index contributed by atoms with van der Waals surface area (Å²) >= 11 is 5.32. The summed E-state index contributed by atoms with van der Waals surface area (Å²) in [4.78, 5) is 3.31. The van der Waals surface area contributed by atoms with Gasteiger partial charge in [-0.05, 0) is 0 Å².